The van der Waals surface area contributed by atoms with Gasteiger partial charge in [-0.1, -0.05) is 34.1 Å². The van der Waals surface area contributed by atoms with Gasteiger partial charge in [0.2, 0.25) is 0 Å². The Balaban J connectivity index is 1.93. The molecule has 0 spiro atoms. The molecule has 98 valence electrons. The molecule has 1 aliphatic heterocycles. The first-order valence-corrected chi connectivity index (χ1v) is 6.83. The Bertz CT molecular complexity index is 703. The zero-order chi connectivity index (χ0) is 13.9. The smallest absolute Gasteiger partial charge is 0.343 e. The number of hydrogen-bond donors (Lipinski definition) is 0. The first kappa shape index (κ1) is 12.8. The quantitative estimate of drug-likeness (QED) is 0.621. The topological polar surface area (TPSA) is 39.2 Å². The number of nitrogens with zero attached hydrogens (tertiary/aromatic N) is 1. The molecule has 0 atom stereocenters. The highest BCUT2D eigenvalue weighted by Gasteiger charge is 2.21. The summed E-state index contributed by atoms with van der Waals surface area (Å²) in [4.78, 5) is 15.9. The summed E-state index contributed by atoms with van der Waals surface area (Å²) in [5.41, 5.74) is 2.26. The molecule has 3 rings (SSSR count). The second-order valence-electron chi connectivity index (χ2n) is 4.29. The van der Waals surface area contributed by atoms with Crippen molar-refractivity contribution < 1.29 is 9.53 Å². The fourth-order valence-electron chi connectivity index (χ4n) is 1.89. The van der Waals surface area contributed by atoms with Crippen LogP contribution in [-0.2, 0) is 9.53 Å². The molecule has 0 unspecified atom stereocenters. The van der Waals surface area contributed by atoms with Crippen LogP contribution in [0.4, 0.5) is 0 Å². The van der Waals surface area contributed by atoms with Crippen LogP contribution in [0.15, 0.2) is 64.9 Å². The van der Waals surface area contributed by atoms with Gasteiger partial charge in [0.15, 0.2) is 0 Å². The minimum absolute atomic E-state index is 0.341. The number of carbonyl (C=O) groups excluding carboxylic acids is 1. The highest BCUT2D eigenvalue weighted by Crippen LogP contribution is 2.28. The van der Waals surface area contributed by atoms with Gasteiger partial charge in [-0.15, -0.1) is 0 Å². The third kappa shape index (κ3) is 2.70. The van der Waals surface area contributed by atoms with Crippen LogP contribution in [0.3, 0.4) is 0 Å². The van der Waals surface area contributed by atoms with E-state index in [-0.39, 0.29) is 5.97 Å². The van der Waals surface area contributed by atoms with Crippen molar-refractivity contribution in [3.8, 4) is 0 Å². The number of rotatable bonds is 2. The van der Waals surface area contributed by atoms with Gasteiger partial charge in [0.25, 0.3) is 0 Å². The molecule has 20 heavy (non-hydrogen) atoms. The van der Waals surface area contributed by atoms with Gasteiger partial charge in [-0.05, 0) is 35.9 Å². The molecule has 0 saturated carbocycles. The van der Waals surface area contributed by atoms with E-state index >= 15 is 0 Å². The van der Waals surface area contributed by atoms with Crippen LogP contribution in [-0.4, -0.2) is 11.0 Å². The number of carbonyl (C=O) groups is 1. The Morgan fingerprint density at radius 2 is 1.95 bits per heavy atom. The van der Waals surface area contributed by atoms with Crippen molar-refractivity contribution in [2.75, 3.05) is 0 Å². The van der Waals surface area contributed by atoms with Gasteiger partial charge in [-0.3, -0.25) is 4.98 Å². The first-order valence-electron chi connectivity index (χ1n) is 6.04. The van der Waals surface area contributed by atoms with Crippen molar-refractivity contribution in [3.63, 3.8) is 0 Å². The molecule has 0 aliphatic carbocycles. The van der Waals surface area contributed by atoms with Crippen molar-refractivity contribution in [1.29, 1.82) is 0 Å². The maximum Gasteiger partial charge on any atom is 0.343 e. The molecule has 2 heterocycles. The lowest BCUT2D eigenvalue weighted by molar-refractivity contribution is -0.130. The van der Waals surface area contributed by atoms with Crippen LogP contribution in [0.5, 0.6) is 0 Å². The van der Waals surface area contributed by atoms with Gasteiger partial charge < -0.3 is 4.74 Å². The van der Waals surface area contributed by atoms with Crippen molar-refractivity contribution in [1.82, 2.24) is 4.98 Å². The summed E-state index contributed by atoms with van der Waals surface area (Å²) in [7, 11) is 0. The van der Waals surface area contributed by atoms with E-state index in [1.807, 2.05) is 36.4 Å². The fraction of sp³-hybridized carbons (Fsp3) is 0. The highest BCUT2D eigenvalue weighted by atomic mass is 79.9. The van der Waals surface area contributed by atoms with E-state index in [1.165, 1.54) is 0 Å². The zero-order valence-electron chi connectivity index (χ0n) is 10.4. The Morgan fingerprint density at radius 3 is 2.65 bits per heavy atom. The van der Waals surface area contributed by atoms with Gasteiger partial charge >= 0.3 is 5.97 Å². The largest absolute Gasteiger partial charge is 0.422 e. The van der Waals surface area contributed by atoms with E-state index in [2.05, 4.69) is 20.9 Å². The normalized spacial score (nSPS) is 16.1. The molecule has 0 saturated heterocycles. The number of aromatic nitrogens is 1. The summed E-state index contributed by atoms with van der Waals surface area (Å²) in [5.74, 6) is 0.226. The second kappa shape index (κ2) is 5.43. The average molecular weight is 328 g/mol. The summed E-state index contributed by atoms with van der Waals surface area (Å²) in [6.45, 7) is 0. The van der Waals surface area contributed by atoms with Crippen LogP contribution in [0.25, 0.3) is 11.8 Å². The molecule has 0 bridgehead atoms. The standard InChI is InChI=1S/C16H10BrNO2/c17-14-5-3-12(4-6-14)15-9-13(16(19)20-15)8-11-2-1-7-18-10-11/h1-10H/b13-8+. The number of halogens is 1. The lowest BCUT2D eigenvalue weighted by Gasteiger charge is -2.01. The van der Waals surface area contributed by atoms with Crippen molar-refractivity contribution in [2.45, 2.75) is 0 Å². The van der Waals surface area contributed by atoms with Gasteiger partial charge in [0, 0.05) is 22.4 Å². The molecule has 1 aliphatic rings. The molecule has 1 aromatic heterocycles. The van der Waals surface area contributed by atoms with Crippen molar-refractivity contribution >= 4 is 33.7 Å². The van der Waals surface area contributed by atoms with Crippen molar-refractivity contribution in [2.24, 2.45) is 0 Å². The molecule has 3 nitrogen and oxygen atoms in total. The van der Waals surface area contributed by atoms with Crippen LogP contribution < -0.4 is 0 Å². The maximum absolute atomic E-state index is 11.9. The molecule has 4 heteroatoms. The van der Waals surface area contributed by atoms with Gasteiger partial charge in [0.05, 0.1) is 5.57 Å². The number of hydrogen-bond acceptors (Lipinski definition) is 3. The summed E-state index contributed by atoms with van der Waals surface area (Å²) >= 11 is 3.38. The van der Waals surface area contributed by atoms with Crippen LogP contribution in [0.1, 0.15) is 11.1 Å². The fourth-order valence-corrected chi connectivity index (χ4v) is 2.15. The Labute approximate surface area is 124 Å². The summed E-state index contributed by atoms with van der Waals surface area (Å²) < 4.78 is 6.27. The molecular weight excluding hydrogens is 318 g/mol. The lowest BCUT2D eigenvalue weighted by Crippen LogP contribution is -1.97. The second-order valence-corrected chi connectivity index (χ2v) is 5.21. The predicted molar refractivity (Wildman–Crippen MR) is 80.4 cm³/mol. The Hall–Kier alpha value is -2.20. The van der Waals surface area contributed by atoms with E-state index in [9.17, 15) is 4.79 Å². The van der Waals surface area contributed by atoms with E-state index in [1.54, 1.807) is 24.5 Å². The zero-order valence-corrected chi connectivity index (χ0v) is 12.0. The predicted octanol–water partition coefficient (Wildman–Crippen LogP) is 3.83. The van der Waals surface area contributed by atoms with Crippen LogP contribution in [0, 0.1) is 0 Å². The monoisotopic (exact) mass is 327 g/mol. The molecule has 0 radical (unpaired) electrons. The third-order valence-corrected chi connectivity index (χ3v) is 3.39. The minimum atomic E-state index is -0.341. The molecular formula is C16H10BrNO2. The van der Waals surface area contributed by atoms with E-state index < -0.39 is 0 Å². The van der Waals surface area contributed by atoms with Crippen LogP contribution in [0.2, 0.25) is 0 Å². The number of esters is 1. The number of ether oxygens (including phenoxy) is 1. The van der Waals surface area contributed by atoms with Crippen molar-refractivity contribution in [3.05, 3.63) is 76.0 Å². The van der Waals surface area contributed by atoms with E-state index in [0.29, 0.717) is 11.3 Å². The van der Waals surface area contributed by atoms with Gasteiger partial charge in [0.1, 0.15) is 5.76 Å². The average Bonchev–Trinajstić information content (AvgIpc) is 2.82. The molecule has 0 amide bonds. The minimum Gasteiger partial charge on any atom is -0.422 e. The summed E-state index contributed by atoms with van der Waals surface area (Å²) in [6, 6.07) is 11.3. The van der Waals surface area contributed by atoms with E-state index in [0.717, 1.165) is 15.6 Å². The molecule has 0 fully saturated rings. The number of benzene rings is 1. The van der Waals surface area contributed by atoms with E-state index in [4.69, 9.17) is 4.74 Å². The highest BCUT2D eigenvalue weighted by molar-refractivity contribution is 9.10. The van der Waals surface area contributed by atoms with Gasteiger partial charge in [-0.2, -0.15) is 0 Å². The Morgan fingerprint density at radius 1 is 1.15 bits per heavy atom. The third-order valence-electron chi connectivity index (χ3n) is 2.86. The maximum atomic E-state index is 11.9. The molecule has 2 aromatic rings. The Kier molecular flexibility index (Phi) is 3.48. The SMILES string of the molecule is O=C1OC(c2ccc(Br)cc2)=C/C1=C\c1cccnc1. The first-order chi connectivity index (χ1) is 9.72. The lowest BCUT2D eigenvalue weighted by atomic mass is 10.1. The number of pyridine rings is 1. The summed E-state index contributed by atoms with van der Waals surface area (Å²) in [6.07, 6.45) is 6.91. The molecule has 1 aromatic carbocycles. The van der Waals surface area contributed by atoms with Crippen LogP contribution >= 0.6 is 15.9 Å². The van der Waals surface area contributed by atoms with Gasteiger partial charge in [-0.25, -0.2) is 4.79 Å². The number of cyclic esters (lactones) is 1. The summed E-state index contributed by atoms with van der Waals surface area (Å²) in [5, 5.41) is 0. The molecule has 0 N–H and O–H groups in total.